The van der Waals surface area contributed by atoms with Gasteiger partial charge in [-0.25, -0.2) is 4.98 Å². The molecule has 0 bridgehead atoms. The molecule has 1 aromatic carbocycles. The lowest BCUT2D eigenvalue weighted by Crippen LogP contribution is -2.49. The van der Waals surface area contributed by atoms with Crippen molar-refractivity contribution < 1.29 is 4.79 Å². The summed E-state index contributed by atoms with van der Waals surface area (Å²) in [5.41, 5.74) is 1.05. The third kappa shape index (κ3) is 5.47. The van der Waals surface area contributed by atoms with E-state index >= 15 is 0 Å². The van der Waals surface area contributed by atoms with E-state index in [1.54, 1.807) is 0 Å². The molecule has 8 heteroatoms. The number of aromatic nitrogens is 1. The first-order valence-corrected chi connectivity index (χ1v) is 9.61. The number of nitrogens with zero attached hydrogens (tertiary/aromatic N) is 4. The minimum Gasteiger partial charge on any atom is -0.354 e. The van der Waals surface area contributed by atoms with Crippen molar-refractivity contribution in [3.05, 3.63) is 36.4 Å². The summed E-state index contributed by atoms with van der Waals surface area (Å²) in [5, 5.41) is 4.47. The smallest absolute Gasteiger partial charge is 0.223 e. The van der Waals surface area contributed by atoms with Crippen LogP contribution in [-0.2, 0) is 4.79 Å². The monoisotopic (exact) mass is 425 g/mol. The molecule has 28 heavy (non-hydrogen) atoms. The Hall–Kier alpha value is -1.60. The molecular formula is C20H29Cl2N5O. The molecule has 0 unspecified atom stereocenters. The molecule has 1 N–H and O–H groups in total. The highest BCUT2D eigenvalue weighted by molar-refractivity contribution is 5.85. The van der Waals surface area contributed by atoms with Crippen molar-refractivity contribution in [3.8, 4) is 0 Å². The summed E-state index contributed by atoms with van der Waals surface area (Å²) in [4.78, 5) is 23.8. The number of amides is 1. The largest absolute Gasteiger partial charge is 0.354 e. The van der Waals surface area contributed by atoms with Gasteiger partial charge in [0.25, 0.3) is 0 Å². The SMILES string of the molecule is Cl.Cl.O=C(CCN1CCN(c2ccc3ccccc3n2)CC1)N1CCNCC1. The molecule has 2 aromatic rings. The number of anilines is 1. The Bertz CT molecular complexity index is 761. The van der Waals surface area contributed by atoms with E-state index in [0.29, 0.717) is 12.3 Å². The molecule has 1 aromatic heterocycles. The van der Waals surface area contributed by atoms with Gasteiger partial charge in [0.2, 0.25) is 5.91 Å². The van der Waals surface area contributed by atoms with Gasteiger partial charge in [-0.05, 0) is 18.2 Å². The van der Waals surface area contributed by atoms with E-state index in [-0.39, 0.29) is 24.8 Å². The minimum atomic E-state index is 0. The lowest BCUT2D eigenvalue weighted by atomic mass is 10.2. The number of benzene rings is 1. The van der Waals surface area contributed by atoms with Gasteiger partial charge in [-0.2, -0.15) is 0 Å². The van der Waals surface area contributed by atoms with Gasteiger partial charge in [0.15, 0.2) is 0 Å². The Morgan fingerprint density at radius 3 is 2.39 bits per heavy atom. The summed E-state index contributed by atoms with van der Waals surface area (Å²) >= 11 is 0. The van der Waals surface area contributed by atoms with Gasteiger partial charge in [0.05, 0.1) is 5.52 Å². The number of hydrogen-bond donors (Lipinski definition) is 1. The van der Waals surface area contributed by atoms with Crippen LogP contribution < -0.4 is 10.2 Å². The molecule has 2 fully saturated rings. The molecule has 2 aliphatic heterocycles. The van der Waals surface area contributed by atoms with Gasteiger partial charge in [0, 0.05) is 70.7 Å². The number of halogens is 2. The molecule has 0 spiro atoms. The summed E-state index contributed by atoms with van der Waals surface area (Å²) in [7, 11) is 0. The molecular weight excluding hydrogens is 397 g/mol. The zero-order valence-corrected chi connectivity index (χ0v) is 17.7. The second-order valence-electron chi connectivity index (χ2n) is 7.07. The van der Waals surface area contributed by atoms with Crippen LogP contribution in [0.3, 0.4) is 0 Å². The number of piperazine rings is 2. The number of hydrogen-bond acceptors (Lipinski definition) is 5. The van der Waals surface area contributed by atoms with Crippen molar-refractivity contribution >= 4 is 47.4 Å². The van der Waals surface area contributed by atoms with Crippen LogP contribution in [0.25, 0.3) is 10.9 Å². The maximum Gasteiger partial charge on any atom is 0.223 e. The van der Waals surface area contributed by atoms with E-state index in [1.165, 1.54) is 5.39 Å². The van der Waals surface area contributed by atoms with E-state index in [0.717, 1.165) is 70.2 Å². The predicted molar refractivity (Wildman–Crippen MR) is 119 cm³/mol. The Morgan fingerprint density at radius 1 is 0.929 bits per heavy atom. The van der Waals surface area contributed by atoms with Crippen LogP contribution in [0.15, 0.2) is 36.4 Å². The number of fused-ring (bicyclic) bond motifs is 1. The fourth-order valence-electron chi connectivity index (χ4n) is 3.76. The minimum absolute atomic E-state index is 0. The third-order valence-corrected chi connectivity index (χ3v) is 5.39. The highest BCUT2D eigenvalue weighted by atomic mass is 35.5. The summed E-state index contributed by atoms with van der Waals surface area (Å²) < 4.78 is 0. The predicted octanol–water partition coefficient (Wildman–Crippen LogP) is 2.02. The Balaban J connectivity index is 0.00000140. The molecule has 4 rings (SSSR count). The summed E-state index contributed by atoms with van der Waals surface area (Å²) in [5.74, 6) is 1.35. The first kappa shape index (κ1) is 22.7. The van der Waals surface area contributed by atoms with Crippen molar-refractivity contribution in [1.29, 1.82) is 0 Å². The van der Waals surface area contributed by atoms with Crippen molar-refractivity contribution in [2.24, 2.45) is 0 Å². The quantitative estimate of drug-likeness (QED) is 0.811. The second-order valence-corrected chi connectivity index (χ2v) is 7.07. The third-order valence-electron chi connectivity index (χ3n) is 5.39. The molecule has 154 valence electrons. The standard InChI is InChI=1S/C20H27N5O.2ClH/c26-20(25-11-8-21-9-12-25)7-10-23-13-15-24(16-14-23)19-6-5-17-3-1-2-4-18(17)22-19;;/h1-6,21H,7-16H2;2*1H. The molecule has 0 atom stereocenters. The first-order valence-electron chi connectivity index (χ1n) is 9.61. The van der Waals surface area contributed by atoms with Crippen molar-refractivity contribution in [3.63, 3.8) is 0 Å². The van der Waals surface area contributed by atoms with Crippen molar-refractivity contribution in [1.82, 2.24) is 20.1 Å². The Kier molecular flexibility index (Phi) is 8.76. The van der Waals surface area contributed by atoms with Crippen LogP contribution in [0.1, 0.15) is 6.42 Å². The van der Waals surface area contributed by atoms with E-state index in [1.807, 2.05) is 17.0 Å². The molecule has 2 aliphatic rings. The van der Waals surface area contributed by atoms with E-state index in [2.05, 4.69) is 39.4 Å². The summed E-state index contributed by atoms with van der Waals surface area (Å²) in [6, 6.07) is 12.5. The highest BCUT2D eigenvalue weighted by Gasteiger charge is 2.21. The van der Waals surface area contributed by atoms with E-state index in [4.69, 9.17) is 4.98 Å². The van der Waals surface area contributed by atoms with E-state index < -0.39 is 0 Å². The first-order chi connectivity index (χ1) is 12.8. The molecule has 6 nitrogen and oxygen atoms in total. The number of carbonyl (C=O) groups excluding carboxylic acids is 1. The number of rotatable bonds is 4. The lowest BCUT2D eigenvalue weighted by molar-refractivity contribution is -0.132. The van der Waals surface area contributed by atoms with Crippen LogP contribution >= 0.6 is 24.8 Å². The second kappa shape index (κ2) is 10.8. The maximum absolute atomic E-state index is 12.3. The fourth-order valence-corrected chi connectivity index (χ4v) is 3.76. The zero-order chi connectivity index (χ0) is 17.8. The van der Waals surface area contributed by atoms with Crippen LogP contribution in [0.5, 0.6) is 0 Å². The van der Waals surface area contributed by atoms with Gasteiger partial charge < -0.3 is 15.1 Å². The van der Waals surface area contributed by atoms with Crippen molar-refractivity contribution in [2.45, 2.75) is 6.42 Å². The number of para-hydroxylation sites is 1. The average molecular weight is 426 g/mol. The molecule has 0 aliphatic carbocycles. The van der Waals surface area contributed by atoms with Gasteiger partial charge in [-0.1, -0.05) is 18.2 Å². The normalized spacial score (nSPS) is 17.7. The van der Waals surface area contributed by atoms with Gasteiger partial charge in [-0.3, -0.25) is 9.69 Å². The van der Waals surface area contributed by atoms with Gasteiger partial charge in [0.1, 0.15) is 5.82 Å². The number of nitrogens with one attached hydrogen (secondary N) is 1. The Labute approximate surface area is 179 Å². The average Bonchev–Trinajstić information content (AvgIpc) is 2.72. The lowest BCUT2D eigenvalue weighted by Gasteiger charge is -2.36. The molecule has 2 saturated heterocycles. The zero-order valence-electron chi connectivity index (χ0n) is 16.0. The van der Waals surface area contributed by atoms with E-state index in [9.17, 15) is 4.79 Å². The molecule has 3 heterocycles. The summed E-state index contributed by atoms with van der Waals surface area (Å²) in [6.07, 6.45) is 0.633. The van der Waals surface area contributed by atoms with Gasteiger partial charge >= 0.3 is 0 Å². The number of carbonyl (C=O) groups is 1. The van der Waals surface area contributed by atoms with Crippen LogP contribution in [-0.4, -0.2) is 79.6 Å². The number of pyridine rings is 1. The summed E-state index contributed by atoms with van der Waals surface area (Å²) in [6.45, 7) is 8.31. The fraction of sp³-hybridized carbons (Fsp3) is 0.500. The molecule has 0 radical (unpaired) electrons. The van der Waals surface area contributed by atoms with Crippen molar-refractivity contribution in [2.75, 3.05) is 63.8 Å². The van der Waals surface area contributed by atoms with Crippen LogP contribution in [0, 0.1) is 0 Å². The van der Waals surface area contributed by atoms with Crippen LogP contribution in [0.2, 0.25) is 0 Å². The molecule has 1 amide bonds. The van der Waals surface area contributed by atoms with Crippen LogP contribution in [0.4, 0.5) is 5.82 Å². The maximum atomic E-state index is 12.3. The van der Waals surface area contributed by atoms with Gasteiger partial charge in [-0.15, -0.1) is 24.8 Å². The topological polar surface area (TPSA) is 51.7 Å². The highest BCUT2D eigenvalue weighted by Crippen LogP contribution is 2.19. The molecule has 0 saturated carbocycles. The Morgan fingerprint density at radius 2 is 1.64 bits per heavy atom.